The number of nitrogens with one attached hydrogen (secondary N) is 2. The Morgan fingerprint density at radius 1 is 1.36 bits per heavy atom. The maximum Gasteiger partial charge on any atom is 0.254 e. The molecule has 0 aliphatic carbocycles. The molecule has 0 unspecified atom stereocenters. The highest BCUT2D eigenvalue weighted by Gasteiger charge is 2.17. The monoisotopic (exact) mass is 198 g/mol. The van der Waals surface area contributed by atoms with Crippen LogP contribution in [0.5, 0.6) is 0 Å². The normalized spacial score (nSPS) is 11.6. The first kappa shape index (κ1) is 12.2. The molecule has 0 aromatic heterocycles. The van der Waals surface area contributed by atoms with Gasteiger partial charge < -0.3 is 22.2 Å². The van der Waals surface area contributed by atoms with Crippen LogP contribution in [0.2, 0.25) is 0 Å². The SMILES string of the molecule is CNC(=O)/C(C(=N)CC(N)=O)=C(/C)N. The van der Waals surface area contributed by atoms with Crippen molar-refractivity contribution in [2.75, 3.05) is 7.05 Å². The van der Waals surface area contributed by atoms with Gasteiger partial charge in [-0.25, -0.2) is 0 Å². The van der Waals surface area contributed by atoms with Crippen molar-refractivity contribution in [3.05, 3.63) is 11.3 Å². The number of rotatable bonds is 4. The Morgan fingerprint density at radius 3 is 2.14 bits per heavy atom. The Balaban J connectivity index is 4.88. The van der Waals surface area contributed by atoms with E-state index in [2.05, 4.69) is 5.32 Å². The zero-order valence-electron chi connectivity index (χ0n) is 8.18. The van der Waals surface area contributed by atoms with Crippen molar-refractivity contribution in [3.8, 4) is 0 Å². The predicted octanol–water partition coefficient (Wildman–Crippen LogP) is -1.14. The van der Waals surface area contributed by atoms with Gasteiger partial charge in [0, 0.05) is 12.7 Å². The third kappa shape index (κ3) is 3.26. The molecule has 0 heterocycles. The lowest BCUT2D eigenvalue weighted by Crippen LogP contribution is -2.29. The fourth-order valence-corrected chi connectivity index (χ4v) is 0.942. The van der Waals surface area contributed by atoms with Crippen molar-refractivity contribution >= 4 is 17.5 Å². The Kier molecular flexibility index (Phi) is 4.34. The molecule has 6 heteroatoms. The van der Waals surface area contributed by atoms with E-state index < -0.39 is 11.8 Å². The van der Waals surface area contributed by atoms with Crippen LogP contribution in [0.1, 0.15) is 13.3 Å². The zero-order valence-corrected chi connectivity index (χ0v) is 8.18. The van der Waals surface area contributed by atoms with E-state index in [1.165, 1.54) is 14.0 Å². The van der Waals surface area contributed by atoms with Crippen LogP contribution in [0.3, 0.4) is 0 Å². The number of likely N-dealkylation sites (N-methyl/N-ethyl adjacent to an activating group) is 1. The first-order valence-electron chi connectivity index (χ1n) is 3.94. The van der Waals surface area contributed by atoms with Crippen LogP contribution >= 0.6 is 0 Å². The smallest absolute Gasteiger partial charge is 0.254 e. The minimum atomic E-state index is -0.669. The third-order valence-electron chi connectivity index (χ3n) is 1.50. The number of nitrogens with two attached hydrogens (primary N) is 2. The van der Waals surface area contributed by atoms with Crippen LogP contribution in [0.4, 0.5) is 0 Å². The van der Waals surface area contributed by atoms with E-state index in [1.54, 1.807) is 0 Å². The summed E-state index contributed by atoms with van der Waals surface area (Å²) in [6.07, 6.45) is -0.294. The molecule has 78 valence electrons. The van der Waals surface area contributed by atoms with E-state index >= 15 is 0 Å². The average Bonchev–Trinajstić information content (AvgIpc) is 2.01. The molecule has 6 N–H and O–H groups in total. The summed E-state index contributed by atoms with van der Waals surface area (Å²) in [5.74, 6) is -1.16. The number of amides is 2. The molecule has 2 amide bonds. The van der Waals surface area contributed by atoms with E-state index in [0.29, 0.717) is 0 Å². The minimum Gasteiger partial charge on any atom is -0.402 e. The van der Waals surface area contributed by atoms with Crippen molar-refractivity contribution in [1.29, 1.82) is 5.41 Å². The van der Waals surface area contributed by atoms with Crippen molar-refractivity contribution in [1.82, 2.24) is 5.32 Å². The number of allylic oxidation sites excluding steroid dienone is 1. The second-order valence-electron chi connectivity index (χ2n) is 2.76. The Labute approximate surface area is 81.8 Å². The first-order valence-corrected chi connectivity index (χ1v) is 3.94. The highest BCUT2D eigenvalue weighted by Crippen LogP contribution is 2.04. The van der Waals surface area contributed by atoms with Gasteiger partial charge in [-0.1, -0.05) is 0 Å². The molecule has 0 spiro atoms. The van der Waals surface area contributed by atoms with E-state index in [4.69, 9.17) is 16.9 Å². The molecule has 0 aromatic rings. The molecule has 0 bridgehead atoms. The molecule has 0 rings (SSSR count). The zero-order chi connectivity index (χ0) is 11.3. The topological polar surface area (TPSA) is 122 Å². The van der Waals surface area contributed by atoms with Gasteiger partial charge in [-0.15, -0.1) is 0 Å². The fourth-order valence-electron chi connectivity index (χ4n) is 0.942. The van der Waals surface area contributed by atoms with Gasteiger partial charge in [0.05, 0.1) is 17.7 Å². The van der Waals surface area contributed by atoms with Crippen molar-refractivity contribution in [2.24, 2.45) is 11.5 Å². The molecule has 0 aliphatic heterocycles. The summed E-state index contributed by atoms with van der Waals surface area (Å²) in [6, 6.07) is 0. The quantitative estimate of drug-likeness (QED) is 0.337. The lowest BCUT2D eigenvalue weighted by molar-refractivity contribution is -0.116. The van der Waals surface area contributed by atoms with Crippen LogP contribution in [0, 0.1) is 5.41 Å². The van der Waals surface area contributed by atoms with E-state index in [-0.39, 0.29) is 23.4 Å². The molecular formula is C8H14N4O2. The van der Waals surface area contributed by atoms with Crippen molar-refractivity contribution in [2.45, 2.75) is 13.3 Å². The highest BCUT2D eigenvalue weighted by molar-refractivity contribution is 6.24. The van der Waals surface area contributed by atoms with Gasteiger partial charge in [0.15, 0.2) is 0 Å². The maximum atomic E-state index is 11.2. The Hall–Kier alpha value is -1.85. The lowest BCUT2D eigenvalue weighted by Gasteiger charge is -2.08. The second-order valence-corrected chi connectivity index (χ2v) is 2.76. The summed E-state index contributed by atoms with van der Waals surface area (Å²) < 4.78 is 0. The maximum absolute atomic E-state index is 11.2. The molecule has 6 nitrogen and oxygen atoms in total. The average molecular weight is 198 g/mol. The van der Waals surface area contributed by atoms with Crippen LogP contribution in [0.25, 0.3) is 0 Å². The minimum absolute atomic E-state index is 0.00583. The van der Waals surface area contributed by atoms with Gasteiger partial charge in [0.1, 0.15) is 0 Å². The van der Waals surface area contributed by atoms with Gasteiger partial charge in [0.25, 0.3) is 5.91 Å². The van der Waals surface area contributed by atoms with Gasteiger partial charge in [-0.05, 0) is 6.92 Å². The van der Waals surface area contributed by atoms with Crippen LogP contribution < -0.4 is 16.8 Å². The van der Waals surface area contributed by atoms with E-state index in [9.17, 15) is 9.59 Å². The summed E-state index contributed by atoms with van der Waals surface area (Å²) in [6.45, 7) is 1.49. The second kappa shape index (κ2) is 5.00. The summed E-state index contributed by atoms with van der Waals surface area (Å²) in [7, 11) is 1.42. The summed E-state index contributed by atoms with van der Waals surface area (Å²) in [5.41, 5.74) is 10.3. The fraction of sp³-hybridized carbons (Fsp3) is 0.375. The lowest BCUT2D eigenvalue weighted by atomic mass is 10.1. The molecule has 0 aliphatic rings. The molecule has 0 fully saturated rings. The van der Waals surface area contributed by atoms with Gasteiger partial charge in [0.2, 0.25) is 5.91 Å². The molecule has 0 saturated carbocycles. The predicted molar refractivity (Wildman–Crippen MR) is 52.5 cm³/mol. The summed E-state index contributed by atoms with van der Waals surface area (Å²) in [5, 5.41) is 9.77. The van der Waals surface area contributed by atoms with E-state index in [1.807, 2.05) is 0 Å². The molecular weight excluding hydrogens is 184 g/mol. The van der Waals surface area contributed by atoms with Crippen LogP contribution in [-0.4, -0.2) is 24.6 Å². The van der Waals surface area contributed by atoms with Crippen LogP contribution in [-0.2, 0) is 9.59 Å². The Bertz CT molecular complexity index is 302. The van der Waals surface area contributed by atoms with Gasteiger partial charge >= 0.3 is 0 Å². The highest BCUT2D eigenvalue weighted by atomic mass is 16.2. The van der Waals surface area contributed by atoms with Crippen molar-refractivity contribution < 1.29 is 9.59 Å². The molecule has 0 radical (unpaired) electrons. The number of carbonyl (C=O) groups excluding carboxylic acids is 2. The summed E-state index contributed by atoms with van der Waals surface area (Å²) >= 11 is 0. The number of carbonyl (C=O) groups is 2. The standard InChI is InChI=1S/C8H14N4O2/c1-4(9)7(8(14)12-2)5(10)3-6(11)13/h10H,3,9H2,1-2H3,(H2,11,13)(H,12,14)/b7-4-,10-5?. The molecule has 0 aromatic carbocycles. The Morgan fingerprint density at radius 2 is 1.86 bits per heavy atom. The van der Waals surface area contributed by atoms with Crippen molar-refractivity contribution in [3.63, 3.8) is 0 Å². The van der Waals surface area contributed by atoms with Gasteiger partial charge in [-0.3, -0.25) is 9.59 Å². The van der Waals surface area contributed by atoms with E-state index in [0.717, 1.165) is 0 Å². The number of primary amides is 1. The molecule has 14 heavy (non-hydrogen) atoms. The number of hydrogen-bond acceptors (Lipinski definition) is 4. The van der Waals surface area contributed by atoms with Gasteiger partial charge in [-0.2, -0.15) is 0 Å². The summed E-state index contributed by atoms with van der Waals surface area (Å²) in [4.78, 5) is 21.8. The van der Waals surface area contributed by atoms with Crippen LogP contribution in [0.15, 0.2) is 11.3 Å². The number of hydrogen-bond donors (Lipinski definition) is 4. The molecule has 0 saturated heterocycles. The first-order chi connectivity index (χ1) is 6.40. The third-order valence-corrected chi connectivity index (χ3v) is 1.50. The molecule has 0 atom stereocenters. The largest absolute Gasteiger partial charge is 0.402 e.